The van der Waals surface area contributed by atoms with Crippen LogP contribution >= 0.6 is 15.9 Å². The third kappa shape index (κ3) is 6.60. The van der Waals surface area contributed by atoms with Crippen molar-refractivity contribution in [1.82, 2.24) is 4.57 Å². The van der Waals surface area contributed by atoms with Crippen LogP contribution in [0.3, 0.4) is 0 Å². The average molecular weight is 472 g/mol. The lowest BCUT2D eigenvalue weighted by Crippen LogP contribution is -2.37. The van der Waals surface area contributed by atoms with Gasteiger partial charge in [-0.3, -0.25) is 5.73 Å². The summed E-state index contributed by atoms with van der Waals surface area (Å²) >= 11 is 3.51. The number of hydrogen-bond donors (Lipinski definition) is 1. The molecule has 0 unspecified atom stereocenters. The highest BCUT2D eigenvalue weighted by Crippen LogP contribution is 2.19. The van der Waals surface area contributed by atoms with Crippen LogP contribution in [0.4, 0.5) is 5.95 Å². The van der Waals surface area contributed by atoms with E-state index in [1.54, 1.807) is 0 Å². The van der Waals surface area contributed by atoms with Crippen LogP contribution < -0.4 is 10.3 Å². The second-order valence-corrected chi connectivity index (χ2v) is 9.09. The van der Waals surface area contributed by atoms with Crippen LogP contribution in [0.1, 0.15) is 69.8 Å². The largest absolute Gasteiger partial charge is 0.356 e. The molecule has 2 aromatic carbocycles. The molecule has 0 amide bonds. The van der Waals surface area contributed by atoms with E-state index in [2.05, 4.69) is 79.7 Å². The van der Waals surface area contributed by atoms with E-state index in [1.165, 1.54) is 80.8 Å². The van der Waals surface area contributed by atoms with E-state index < -0.39 is 0 Å². The number of nitrogen functional groups attached to an aromatic ring is 1. The molecule has 0 saturated heterocycles. The number of halogens is 1. The highest BCUT2D eigenvalue weighted by molar-refractivity contribution is 9.09. The third-order valence-corrected chi connectivity index (χ3v) is 6.53. The maximum Gasteiger partial charge on any atom is 0.356 e. The molecule has 4 heteroatoms. The van der Waals surface area contributed by atoms with Crippen molar-refractivity contribution in [3.63, 3.8) is 0 Å². The Morgan fingerprint density at radius 2 is 1.27 bits per heavy atom. The summed E-state index contributed by atoms with van der Waals surface area (Å²) in [6.07, 6.45) is 13.5. The SMILES string of the molecule is Nc1n(CCCCCCCCCCCCBr)c2ccccc2[n+]1Cc1ccccc1. The van der Waals surface area contributed by atoms with E-state index in [0.29, 0.717) is 0 Å². The van der Waals surface area contributed by atoms with Gasteiger partial charge in [-0.1, -0.05) is 110 Å². The van der Waals surface area contributed by atoms with E-state index >= 15 is 0 Å². The number of imidazole rings is 1. The van der Waals surface area contributed by atoms with Gasteiger partial charge in [-0.05, 0) is 30.5 Å². The maximum absolute atomic E-state index is 6.62. The van der Waals surface area contributed by atoms with Crippen LogP contribution in [-0.2, 0) is 13.1 Å². The molecule has 0 bridgehead atoms. The fourth-order valence-corrected chi connectivity index (χ4v) is 4.66. The van der Waals surface area contributed by atoms with Crippen molar-refractivity contribution in [2.75, 3.05) is 11.1 Å². The first-order valence-corrected chi connectivity index (χ1v) is 12.8. The van der Waals surface area contributed by atoms with Crippen molar-refractivity contribution in [3.8, 4) is 0 Å². The molecule has 0 atom stereocenters. The average Bonchev–Trinajstić information content (AvgIpc) is 3.04. The molecular weight excluding hydrogens is 434 g/mol. The summed E-state index contributed by atoms with van der Waals surface area (Å²) in [5, 5.41) is 1.15. The Kier molecular flexibility index (Phi) is 9.75. The number of unbranched alkanes of at least 4 members (excludes halogenated alkanes) is 9. The van der Waals surface area contributed by atoms with Gasteiger partial charge in [-0.15, -0.1) is 0 Å². The molecule has 0 fully saturated rings. The van der Waals surface area contributed by atoms with Gasteiger partial charge in [-0.25, -0.2) is 9.13 Å². The Morgan fingerprint density at radius 3 is 1.93 bits per heavy atom. The number of fused-ring (bicyclic) bond motifs is 1. The summed E-state index contributed by atoms with van der Waals surface area (Å²) in [7, 11) is 0. The van der Waals surface area contributed by atoms with Crippen molar-refractivity contribution in [1.29, 1.82) is 0 Å². The van der Waals surface area contributed by atoms with Crippen LogP contribution in [0, 0.1) is 0 Å². The zero-order valence-electron chi connectivity index (χ0n) is 18.2. The lowest BCUT2D eigenvalue weighted by molar-refractivity contribution is -0.648. The van der Waals surface area contributed by atoms with Crippen molar-refractivity contribution in [2.24, 2.45) is 0 Å². The first-order chi connectivity index (χ1) is 14.8. The minimum Gasteiger partial charge on any atom is -0.290 e. The van der Waals surface area contributed by atoms with Crippen molar-refractivity contribution < 1.29 is 4.57 Å². The van der Waals surface area contributed by atoms with Gasteiger partial charge in [0.15, 0.2) is 0 Å². The van der Waals surface area contributed by atoms with Gasteiger partial charge in [0.2, 0.25) is 0 Å². The lowest BCUT2D eigenvalue weighted by atomic mass is 10.1. The quantitative estimate of drug-likeness (QED) is 0.156. The summed E-state index contributed by atoms with van der Waals surface area (Å²) in [6, 6.07) is 19.2. The van der Waals surface area contributed by atoms with Crippen LogP contribution in [0.2, 0.25) is 0 Å². The number of benzene rings is 2. The van der Waals surface area contributed by atoms with Crippen molar-refractivity contribution in [3.05, 3.63) is 60.2 Å². The maximum atomic E-state index is 6.62. The number of para-hydroxylation sites is 2. The van der Waals surface area contributed by atoms with Gasteiger partial charge >= 0.3 is 5.95 Å². The van der Waals surface area contributed by atoms with Crippen molar-refractivity contribution in [2.45, 2.75) is 77.3 Å². The van der Waals surface area contributed by atoms with Gasteiger partial charge in [0.25, 0.3) is 0 Å². The van der Waals surface area contributed by atoms with E-state index in [1.807, 2.05) is 0 Å². The Labute approximate surface area is 190 Å². The number of hydrogen-bond acceptors (Lipinski definition) is 1. The number of aryl methyl sites for hydroxylation is 1. The molecule has 3 nitrogen and oxygen atoms in total. The highest BCUT2D eigenvalue weighted by Gasteiger charge is 2.20. The molecule has 0 aliphatic rings. The molecular formula is C26H37BrN3+. The molecule has 0 spiro atoms. The van der Waals surface area contributed by atoms with E-state index in [-0.39, 0.29) is 0 Å². The molecule has 0 saturated carbocycles. The van der Waals surface area contributed by atoms with Gasteiger partial charge in [0.05, 0.1) is 13.1 Å². The summed E-state index contributed by atoms with van der Waals surface area (Å²) in [5.41, 5.74) is 10.4. The van der Waals surface area contributed by atoms with Crippen LogP contribution in [0.5, 0.6) is 0 Å². The first-order valence-electron chi connectivity index (χ1n) is 11.7. The molecule has 1 aromatic heterocycles. The fourth-order valence-electron chi connectivity index (χ4n) is 4.26. The minimum atomic E-state index is 0.815. The zero-order valence-corrected chi connectivity index (χ0v) is 19.8. The molecule has 0 aliphatic heterocycles. The molecule has 3 aromatic rings. The number of anilines is 1. The summed E-state index contributed by atoms with van der Waals surface area (Å²) in [6.45, 7) is 1.82. The number of nitrogens with two attached hydrogens (primary N) is 1. The Hall–Kier alpha value is -1.81. The highest BCUT2D eigenvalue weighted by atomic mass is 79.9. The smallest absolute Gasteiger partial charge is 0.290 e. The standard InChI is InChI=1S/C26H36BrN3/c27-20-14-7-5-3-1-2-4-6-8-15-21-29-24-18-12-13-19-25(24)30(26(29)28)22-23-16-10-9-11-17-23/h9-13,16-19,28H,1-8,14-15,20-22H2/p+1. The molecule has 0 aliphatic carbocycles. The Bertz CT molecular complexity index is 873. The second kappa shape index (κ2) is 12.8. The van der Waals surface area contributed by atoms with Crippen molar-refractivity contribution >= 4 is 32.9 Å². The van der Waals surface area contributed by atoms with E-state index in [9.17, 15) is 0 Å². The summed E-state index contributed by atoms with van der Waals surface area (Å²) < 4.78 is 4.56. The lowest BCUT2D eigenvalue weighted by Gasteiger charge is -2.04. The summed E-state index contributed by atoms with van der Waals surface area (Å²) in [4.78, 5) is 0. The molecule has 162 valence electrons. The molecule has 3 rings (SSSR count). The molecule has 1 heterocycles. The monoisotopic (exact) mass is 470 g/mol. The van der Waals surface area contributed by atoms with Crippen LogP contribution in [0.25, 0.3) is 11.0 Å². The number of nitrogens with zero attached hydrogens (tertiary/aromatic N) is 2. The number of aromatic nitrogens is 2. The van der Waals surface area contributed by atoms with Gasteiger partial charge < -0.3 is 0 Å². The topological polar surface area (TPSA) is 34.8 Å². The normalized spacial score (nSPS) is 11.4. The fraction of sp³-hybridized carbons (Fsp3) is 0.500. The second-order valence-electron chi connectivity index (χ2n) is 8.29. The Balaban J connectivity index is 1.48. The zero-order chi connectivity index (χ0) is 21.0. The summed E-state index contributed by atoms with van der Waals surface area (Å²) in [5.74, 6) is 0.864. The third-order valence-electron chi connectivity index (χ3n) is 5.97. The predicted octanol–water partition coefficient (Wildman–Crippen LogP) is 6.86. The molecule has 2 N–H and O–H groups in total. The van der Waals surface area contributed by atoms with Gasteiger partial charge in [0, 0.05) is 5.33 Å². The number of alkyl halides is 1. The van der Waals surface area contributed by atoms with E-state index in [4.69, 9.17) is 5.73 Å². The van der Waals surface area contributed by atoms with Crippen LogP contribution in [-0.4, -0.2) is 9.90 Å². The van der Waals surface area contributed by atoms with E-state index in [0.717, 1.165) is 24.4 Å². The van der Waals surface area contributed by atoms with Gasteiger partial charge in [0.1, 0.15) is 11.0 Å². The molecule has 0 radical (unpaired) electrons. The first kappa shape index (κ1) is 22.9. The number of rotatable bonds is 14. The molecule has 30 heavy (non-hydrogen) atoms. The van der Waals surface area contributed by atoms with Crippen LogP contribution in [0.15, 0.2) is 54.6 Å². The minimum absolute atomic E-state index is 0.815. The van der Waals surface area contributed by atoms with Gasteiger partial charge in [-0.2, -0.15) is 0 Å². The Morgan fingerprint density at radius 1 is 0.700 bits per heavy atom. The predicted molar refractivity (Wildman–Crippen MR) is 132 cm³/mol.